The van der Waals surface area contributed by atoms with Crippen molar-refractivity contribution in [3.05, 3.63) is 41.5 Å². The van der Waals surface area contributed by atoms with E-state index in [1.54, 1.807) is 0 Å². The van der Waals surface area contributed by atoms with E-state index in [4.69, 9.17) is 4.74 Å². The van der Waals surface area contributed by atoms with Gasteiger partial charge in [-0.25, -0.2) is 4.79 Å². The van der Waals surface area contributed by atoms with Crippen LogP contribution in [0.25, 0.3) is 0 Å². The molecule has 1 rings (SSSR count). The predicted molar refractivity (Wildman–Crippen MR) is 70.2 cm³/mol. The number of allylic oxidation sites excluding steroid dienone is 1. The maximum absolute atomic E-state index is 11.6. The van der Waals surface area contributed by atoms with Gasteiger partial charge in [0.1, 0.15) is 5.75 Å². The van der Waals surface area contributed by atoms with Crippen molar-refractivity contribution < 1.29 is 9.53 Å². The maximum atomic E-state index is 11.6. The van der Waals surface area contributed by atoms with Crippen LogP contribution in [0, 0.1) is 0 Å². The summed E-state index contributed by atoms with van der Waals surface area (Å²) in [5.74, 6) is 0.323. The summed E-state index contributed by atoms with van der Waals surface area (Å²) < 4.78 is 5.37. The van der Waals surface area contributed by atoms with E-state index < -0.39 is 0 Å². The maximum Gasteiger partial charge on any atom is 0.336 e. The molecule has 0 saturated carbocycles. The highest BCUT2D eigenvalue weighted by molar-refractivity contribution is 5.84. The van der Waals surface area contributed by atoms with Gasteiger partial charge in [0, 0.05) is 11.6 Å². The van der Waals surface area contributed by atoms with Crippen LogP contribution in [0.15, 0.2) is 35.9 Å². The molecule has 0 aliphatic rings. The van der Waals surface area contributed by atoms with Crippen molar-refractivity contribution in [3.63, 3.8) is 0 Å². The van der Waals surface area contributed by atoms with Crippen LogP contribution in [0.3, 0.4) is 0 Å². The second kappa shape index (κ2) is 5.17. The molecule has 2 nitrogen and oxygen atoms in total. The molecule has 0 N–H and O–H groups in total. The summed E-state index contributed by atoms with van der Waals surface area (Å²) in [5.41, 5.74) is 1.93. The monoisotopic (exact) mass is 232 g/mol. The minimum Gasteiger partial charge on any atom is -0.423 e. The van der Waals surface area contributed by atoms with Crippen LogP contribution in [0.5, 0.6) is 5.75 Å². The minimum absolute atomic E-state index is 0.0398. The summed E-state index contributed by atoms with van der Waals surface area (Å²) in [5, 5.41) is 0. The molecular formula is C15H20O2. The molecule has 92 valence electrons. The molecule has 0 saturated heterocycles. The number of carbonyl (C=O) groups excluding carboxylic acids is 1. The number of hydrogen-bond acceptors (Lipinski definition) is 2. The Bertz CT molecular complexity index is 432. The van der Waals surface area contributed by atoms with Crippen LogP contribution in [0.1, 0.15) is 40.2 Å². The standard InChI is InChI=1S/C15H20O2/c1-11(2)10-14(16)17-13-9-7-6-8-12(13)15(3,4)5/h6-10H,1-5H3. The molecule has 0 heterocycles. The molecule has 17 heavy (non-hydrogen) atoms. The highest BCUT2D eigenvalue weighted by Gasteiger charge is 2.19. The molecule has 0 unspecified atom stereocenters. The van der Waals surface area contributed by atoms with Crippen molar-refractivity contribution in [3.8, 4) is 5.75 Å². The minimum atomic E-state index is -0.318. The summed E-state index contributed by atoms with van der Waals surface area (Å²) in [4.78, 5) is 11.6. The van der Waals surface area contributed by atoms with Gasteiger partial charge in [0.2, 0.25) is 0 Å². The van der Waals surface area contributed by atoms with E-state index in [1.807, 2.05) is 38.1 Å². The Morgan fingerprint density at radius 2 is 1.76 bits per heavy atom. The Balaban J connectivity index is 3.00. The van der Waals surface area contributed by atoms with Gasteiger partial charge in [0.25, 0.3) is 0 Å². The molecule has 0 spiro atoms. The van der Waals surface area contributed by atoms with Crippen molar-refractivity contribution in [2.75, 3.05) is 0 Å². The third kappa shape index (κ3) is 4.06. The van der Waals surface area contributed by atoms with Gasteiger partial charge < -0.3 is 4.74 Å². The van der Waals surface area contributed by atoms with E-state index in [-0.39, 0.29) is 11.4 Å². The van der Waals surface area contributed by atoms with E-state index in [2.05, 4.69) is 20.8 Å². The third-order valence-electron chi connectivity index (χ3n) is 2.31. The first-order valence-corrected chi connectivity index (χ1v) is 5.77. The van der Waals surface area contributed by atoms with E-state index in [9.17, 15) is 4.79 Å². The SMILES string of the molecule is CC(C)=CC(=O)Oc1ccccc1C(C)(C)C. The number of benzene rings is 1. The lowest BCUT2D eigenvalue weighted by Crippen LogP contribution is -2.15. The van der Waals surface area contributed by atoms with Crippen molar-refractivity contribution >= 4 is 5.97 Å². The first-order valence-electron chi connectivity index (χ1n) is 5.77. The Morgan fingerprint density at radius 1 is 1.18 bits per heavy atom. The molecular weight excluding hydrogens is 212 g/mol. The van der Waals surface area contributed by atoms with Crippen LogP contribution in [-0.2, 0) is 10.2 Å². The molecule has 0 aliphatic carbocycles. The van der Waals surface area contributed by atoms with Crippen LogP contribution < -0.4 is 4.74 Å². The van der Waals surface area contributed by atoms with Gasteiger partial charge in [0.15, 0.2) is 0 Å². The number of ether oxygens (including phenoxy) is 1. The van der Waals surface area contributed by atoms with Crippen molar-refractivity contribution in [2.45, 2.75) is 40.0 Å². The van der Waals surface area contributed by atoms with Gasteiger partial charge in [-0.3, -0.25) is 0 Å². The molecule has 0 amide bonds. The molecule has 2 heteroatoms. The van der Waals surface area contributed by atoms with Crippen molar-refractivity contribution in [2.24, 2.45) is 0 Å². The van der Waals surface area contributed by atoms with E-state index >= 15 is 0 Å². The first-order chi connectivity index (χ1) is 7.80. The van der Waals surface area contributed by atoms with Gasteiger partial charge in [-0.05, 0) is 25.3 Å². The second-order valence-electron chi connectivity index (χ2n) is 5.39. The van der Waals surface area contributed by atoms with Crippen LogP contribution in [0.2, 0.25) is 0 Å². The molecule has 0 fully saturated rings. The molecule has 0 radical (unpaired) electrons. The topological polar surface area (TPSA) is 26.3 Å². The number of carbonyl (C=O) groups is 1. The number of rotatable bonds is 2. The molecule has 1 aromatic rings. The highest BCUT2D eigenvalue weighted by Crippen LogP contribution is 2.31. The molecule has 0 bridgehead atoms. The van der Waals surface area contributed by atoms with Crippen molar-refractivity contribution in [1.82, 2.24) is 0 Å². The summed E-state index contributed by atoms with van der Waals surface area (Å²) >= 11 is 0. The van der Waals surface area contributed by atoms with Crippen LogP contribution in [-0.4, -0.2) is 5.97 Å². The lowest BCUT2D eigenvalue weighted by molar-refractivity contribution is -0.129. The lowest BCUT2D eigenvalue weighted by Gasteiger charge is -2.21. The first kappa shape index (κ1) is 13.5. The second-order valence-corrected chi connectivity index (χ2v) is 5.39. The van der Waals surface area contributed by atoms with Gasteiger partial charge >= 0.3 is 5.97 Å². The number of hydrogen-bond donors (Lipinski definition) is 0. The fraction of sp³-hybridized carbons (Fsp3) is 0.400. The quantitative estimate of drug-likeness (QED) is 0.440. The smallest absolute Gasteiger partial charge is 0.336 e. The van der Waals surface area contributed by atoms with Gasteiger partial charge in [0.05, 0.1) is 0 Å². The summed E-state index contributed by atoms with van der Waals surface area (Å²) in [6.45, 7) is 10.0. The van der Waals surface area contributed by atoms with Crippen LogP contribution >= 0.6 is 0 Å². The fourth-order valence-corrected chi connectivity index (χ4v) is 1.55. The Labute approximate surface area is 103 Å². The van der Waals surface area contributed by atoms with Gasteiger partial charge in [-0.1, -0.05) is 44.5 Å². The molecule has 1 aromatic carbocycles. The average Bonchev–Trinajstić information content (AvgIpc) is 2.15. The fourth-order valence-electron chi connectivity index (χ4n) is 1.55. The average molecular weight is 232 g/mol. The molecule has 0 aromatic heterocycles. The van der Waals surface area contributed by atoms with Gasteiger partial charge in [-0.2, -0.15) is 0 Å². The predicted octanol–water partition coefficient (Wildman–Crippen LogP) is 3.86. The normalized spacial score (nSPS) is 10.9. The van der Waals surface area contributed by atoms with Crippen LogP contribution in [0.4, 0.5) is 0 Å². The van der Waals surface area contributed by atoms with Gasteiger partial charge in [-0.15, -0.1) is 0 Å². The molecule has 0 atom stereocenters. The zero-order chi connectivity index (χ0) is 13.1. The van der Waals surface area contributed by atoms with E-state index in [1.165, 1.54) is 6.08 Å². The largest absolute Gasteiger partial charge is 0.423 e. The van der Waals surface area contributed by atoms with Crippen molar-refractivity contribution in [1.29, 1.82) is 0 Å². The molecule has 0 aliphatic heterocycles. The van der Waals surface area contributed by atoms with E-state index in [0.717, 1.165) is 11.1 Å². The Hall–Kier alpha value is -1.57. The Kier molecular flexibility index (Phi) is 4.11. The zero-order valence-electron chi connectivity index (χ0n) is 11.2. The summed E-state index contributed by atoms with van der Waals surface area (Å²) in [6, 6.07) is 7.65. The number of esters is 1. The number of para-hydroxylation sites is 1. The van der Waals surface area contributed by atoms with E-state index in [0.29, 0.717) is 5.75 Å². The zero-order valence-corrected chi connectivity index (χ0v) is 11.2. The highest BCUT2D eigenvalue weighted by atomic mass is 16.5. The summed E-state index contributed by atoms with van der Waals surface area (Å²) in [7, 11) is 0. The summed E-state index contributed by atoms with van der Waals surface area (Å²) in [6.07, 6.45) is 1.50. The Morgan fingerprint density at radius 3 is 2.29 bits per heavy atom. The third-order valence-corrected chi connectivity index (χ3v) is 2.31. The lowest BCUT2D eigenvalue weighted by atomic mass is 9.86.